The fraction of sp³-hybridized carbons (Fsp3) is 0.500. The van der Waals surface area contributed by atoms with Gasteiger partial charge in [0.25, 0.3) is 0 Å². The third kappa shape index (κ3) is 2.44. The van der Waals surface area contributed by atoms with Gasteiger partial charge in [0, 0.05) is 16.8 Å². The van der Waals surface area contributed by atoms with E-state index in [-0.39, 0.29) is 12.0 Å². The molecule has 6 rings (SSSR count). The largest absolute Gasteiger partial charge is 0.480 e. The number of carbonyl (C=O) groups is 1. The van der Waals surface area contributed by atoms with Crippen LogP contribution in [0.15, 0.2) is 42.5 Å². The summed E-state index contributed by atoms with van der Waals surface area (Å²) in [5.41, 5.74) is 3.67. The Morgan fingerprint density at radius 1 is 0.960 bits per heavy atom. The second-order valence-electron chi connectivity index (χ2n) is 8.65. The number of aromatic nitrogens is 1. The van der Waals surface area contributed by atoms with E-state index in [1.54, 1.807) is 0 Å². The van der Waals surface area contributed by atoms with Crippen molar-refractivity contribution in [2.75, 3.05) is 0 Å². The zero-order valence-electron chi connectivity index (χ0n) is 14.5. The summed E-state index contributed by atoms with van der Waals surface area (Å²) in [4.78, 5) is 11.6. The summed E-state index contributed by atoms with van der Waals surface area (Å²) in [6.07, 6.45) is 8.00. The molecule has 0 unspecified atom stereocenters. The van der Waals surface area contributed by atoms with Gasteiger partial charge < -0.3 is 9.67 Å². The van der Waals surface area contributed by atoms with E-state index in [1.165, 1.54) is 44.2 Å². The standard InChI is InChI=1S/C22H25NO2/c24-21(25)14-23-19(18-4-2-1-3-5-18)6-7-20(23)22-11-15-8-16(12-22)10-17(9-15)13-22/h1-7,15-17H,8-14H2,(H,24,25). The van der Waals surface area contributed by atoms with E-state index in [0.29, 0.717) is 0 Å². The zero-order chi connectivity index (χ0) is 17.0. The van der Waals surface area contributed by atoms with Crippen molar-refractivity contribution in [2.45, 2.75) is 50.5 Å². The van der Waals surface area contributed by atoms with Gasteiger partial charge in [0.2, 0.25) is 0 Å². The van der Waals surface area contributed by atoms with Crippen molar-refractivity contribution in [1.82, 2.24) is 4.57 Å². The normalized spacial score (nSPS) is 32.9. The van der Waals surface area contributed by atoms with Crippen LogP contribution in [0.25, 0.3) is 11.3 Å². The molecule has 4 bridgehead atoms. The SMILES string of the molecule is O=C(O)Cn1c(-c2ccccc2)ccc1C12CC3CC(CC(C3)C1)C2. The topological polar surface area (TPSA) is 42.2 Å². The summed E-state index contributed by atoms with van der Waals surface area (Å²) >= 11 is 0. The minimum absolute atomic E-state index is 0.0638. The lowest BCUT2D eigenvalue weighted by Gasteiger charge is -2.57. The molecular formula is C22H25NO2. The van der Waals surface area contributed by atoms with Crippen LogP contribution in [0.2, 0.25) is 0 Å². The van der Waals surface area contributed by atoms with Gasteiger partial charge in [-0.25, -0.2) is 0 Å². The van der Waals surface area contributed by atoms with Crippen LogP contribution in [0.5, 0.6) is 0 Å². The van der Waals surface area contributed by atoms with E-state index in [0.717, 1.165) is 29.0 Å². The van der Waals surface area contributed by atoms with Crippen LogP contribution >= 0.6 is 0 Å². The van der Waals surface area contributed by atoms with Gasteiger partial charge in [0.15, 0.2) is 0 Å². The average Bonchev–Trinajstić information content (AvgIpc) is 2.98. The first-order valence-electron chi connectivity index (χ1n) is 9.60. The van der Waals surface area contributed by atoms with E-state index >= 15 is 0 Å². The molecule has 2 aromatic rings. The molecule has 0 saturated heterocycles. The van der Waals surface area contributed by atoms with Gasteiger partial charge in [-0.2, -0.15) is 0 Å². The van der Waals surface area contributed by atoms with Gasteiger partial charge in [-0.3, -0.25) is 4.79 Å². The van der Waals surface area contributed by atoms with Crippen LogP contribution in [0, 0.1) is 17.8 Å². The number of aliphatic carboxylic acids is 1. The fourth-order valence-electron chi connectivity index (χ4n) is 6.52. The summed E-state index contributed by atoms with van der Waals surface area (Å²) in [6.45, 7) is 0.0638. The highest BCUT2D eigenvalue weighted by molar-refractivity contribution is 5.70. The number of hydrogen-bond donors (Lipinski definition) is 1. The van der Waals surface area contributed by atoms with Crippen molar-refractivity contribution in [3.8, 4) is 11.3 Å². The van der Waals surface area contributed by atoms with E-state index in [2.05, 4.69) is 28.8 Å². The molecule has 130 valence electrons. The molecule has 4 aliphatic carbocycles. The highest BCUT2D eigenvalue weighted by atomic mass is 16.4. The molecule has 0 spiro atoms. The molecule has 3 heteroatoms. The lowest BCUT2D eigenvalue weighted by atomic mass is 9.49. The predicted molar refractivity (Wildman–Crippen MR) is 97.4 cm³/mol. The van der Waals surface area contributed by atoms with Gasteiger partial charge >= 0.3 is 5.97 Å². The number of benzene rings is 1. The van der Waals surface area contributed by atoms with E-state index in [9.17, 15) is 9.90 Å². The predicted octanol–water partition coefficient (Wildman–Crippen LogP) is 4.71. The molecule has 4 saturated carbocycles. The highest BCUT2D eigenvalue weighted by Gasteiger charge is 2.52. The van der Waals surface area contributed by atoms with Crippen molar-refractivity contribution in [1.29, 1.82) is 0 Å². The second-order valence-corrected chi connectivity index (χ2v) is 8.65. The van der Waals surface area contributed by atoms with Crippen molar-refractivity contribution in [3.05, 3.63) is 48.2 Å². The van der Waals surface area contributed by atoms with E-state index < -0.39 is 5.97 Å². The summed E-state index contributed by atoms with van der Waals surface area (Å²) in [7, 11) is 0. The Bertz CT molecular complexity index is 769. The Labute approximate surface area is 148 Å². The molecule has 4 aliphatic rings. The number of carboxylic acid groups (broad SMARTS) is 1. The second kappa shape index (κ2) is 5.48. The van der Waals surface area contributed by atoms with Crippen LogP contribution in [-0.2, 0) is 16.8 Å². The maximum Gasteiger partial charge on any atom is 0.323 e. The van der Waals surface area contributed by atoms with Gasteiger partial charge in [-0.15, -0.1) is 0 Å². The van der Waals surface area contributed by atoms with Crippen LogP contribution < -0.4 is 0 Å². The molecular weight excluding hydrogens is 310 g/mol. The number of nitrogens with zero attached hydrogens (tertiary/aromatic N) is 1. The van der Waals surface area contributed by atoms with Crippen molar-refractivity contribution >= 4 is 5.97 Å². The van der Waals surface area contributed by atoms with E-state index in [1.807, 2.05) is 18.2 Å². The lowest BCUT2D eigenvalue weighted by Crippen LogP contribution is -2.49. The summed E-state index contributed by atoms with van der Waals surface area (Å²) in [5.74, 6) is 1.83. The van der Waals surface area contributed by atoms with E-state index in [4.69, 9.17) is 0 Å². The third-order valence-electron chi connectivity index (χ3n) is 6.93. The highest BCUT2D eigenvalue weighted by Crippen LogP contribution is 2.61. The van der Waals surface area contributed by atoms with Crippen LogP contribution in [0.3, 0.4) is 0 Å². The molecule has 25 heavy (non-hydrogen) atoms. The Kier molecular flexibility index (Phi) is 3.34. The molecule has 3 nitrogen and oxygen atoms in total. The van der Waals surface area contributed by atoms with Crippen LogP contribution in [-0.4, -0.2) is 15.6 Å². The molecule has 1 heterocycles. The molecule has 0 aliphatic heterocycles. The average molecular weight is 335 g/mol. The van der Waals surface area contributed by atoms with Crippen molar-refractivity contribution < 1.29 is 9.90 Å². The Morgan fingerprint density at radius 2 is 1.56 bits per heavy atom. The molecule has 1 aromatic heterocycles. The Balaban J connectivity index is 1.62. The number of hydrogen-bond acceptors (Lipinski definition) is 1. The molecule has 1 N–H and O–H groups in total. The zero-order valence-corrected chi connectivity index (χ0v) is 14.5. The smallest absolute Gasteiger partial charge is 0.323 e. The molecule has 0 atom stereocenters. The van der Waals surface area contributed by atoms with Gasteiger partial charge in [-0.1, -0.05) is 30.3 Å². The Hall–Kier alpha value is -2.03. The summed E-state index contributed by atoms with van der Waals surface area (Å²) in [5, 5.41) is 9.54. The van der Waals surface area contributed by atoms with Gasteiger partial charge in [0.05, 0.1) is 0 Å². The van der Waals surface area contributed by atoms with Crippen molar-refractivity contribution in [2.24, 2.45) is 17.8 Å². The minimum atomic E-state index is -0.751. The first kappa shape index (κ1) is 15.2. The molecule has 4 fully saturated rings. The van der Waals surface area contributed by atoms with Crippen molar-refractivity contribution in [3.63, 3.8) is 0 Å². The monoisotopic (exact) mass is 335 g/mol. The Morgan fingerprint density at radius 3 is 2.12 bits per heavy atom. The molecule has 0 radical (unpaired) electrons. The van der Waals surface area contributed by atoms with Crippen LogP contribution in [0.1, 0.15) is 44.2 Å². The first-order valence-corrected chi connectivity index (χ1v) is 9.60. The molecule has 1 aromatic carbocycles. The number of carboxylic acids is 1. The fourth-order valence-corrected chi connectivity index (χ4v) is 6.52. The minimum Gasteiger partial charge on any atom is -0.480 e. The summed E-state index contributed by atoms with van der Waals surface area (Å²) < 4.78 is 2.10. The maximum absolute atomic E-state index is 11.6. The lowest BCUT2D eigenvalue weighted by molar-refractivity contribution is -0.137. The van der Waals surface area contributed by atoms with Gasteiger partial charge in [0.1, 0.15) is 6.54 Å². The third-order valence-corrected chi connectivity index (χ3v) is 6.93. The molecule has 0 amide bonds. The quantitative estimate of drug-likeness (QED) is 0.879. The van der Waals surface area contributed by atoms with Crippen LogP contribution in [0.4, 0.5) is 0 Å². The number of rotatable bonds is 4. The maximum atomic E-state index is 11.6. The first-order chi connectivity index (χ1) is 12.1. The summed E-state index contributed by atoms with van der Waals surface area (Å²) in [6, 6.07) is 14.6. The van der Waals surface area contributed by atoms with Gasteiger partial charge in [-0.05, 0) is 74.0 Å².